The molecule has 0 amide bonds. The van der Waals surface area contributed by atoms with Crippen LogP contribution in [0.15, 0.2) is 18.2 Å². The second-order valence-corrected chi connectivity index (χ2v) is 5.27. The van der Waals surface area contributed by atoms with Gasteiger partial charge in [-0.25, -0.2) is 0 Å². The molecule has 0 aliphatic heterocycles. The van der Waals surface area contributed by atoms with Crippen molar-refractivity contribution in [1.29, 1.82) is 0 Å². The van der Waals surface area contributed by atoms with E-state index in [1.807, 2.05) is 12.1 Å². The fourth-order valence-electron chi connectivity index (χ4n) is 1.66. The summed E-state index contributed by atoms with van der Waals surface area (Å²) in [6.07, 6.45) is 5.48. The maximum Gasteiger partial charge on any atom is 0.221 e. The van der Waals surface area contributed by atoms with Crippen molar-refractivity contribution in [3.8, 4) is 0 Å². The van der Waals surface area contributed by atoms with E-state index in [1.54, 1.807) is 6.07 Å². The van der Waals surface area contributed by atoms with Crippen LogP contribution in [0, 0.1) is 0 Å². The van der Waals surface area contributed by atoms with Gasteiger partial charge in [0.2, 0.25) is 5.24 Å². The van der Waals surface area contributed by atoms with Crippen LogP contribution in [0.4, 0.5) is 0 Å². The quantitative estimate of drug-likeness (QED) is 0.495. The summed E-state index contributed by atoms with van der Waals surface area (Å²) in [7, 11) is 0. The summed E-state index contributed by atoms with van der Waals surface area (Å²) >= 11 is 17.1. The molecule has 1 rings (SSSR count). The minimum Gasteiger partial charge on any atom is -0.281 e. The van der Waals surface area contributed by atoms with E-state index in [0.717, 1.165) is 42.7 Å². The zero-order chi connectivity index (χ0) is 12.7. The van der Waals surface area contributed by atoms with Gasteiger partial charge in [-0.15, -0.1) is 0 Å². The van der Waals surface area contributed by atoms with Crippen LogP contribution in [0.25, 0.3) is 0 Å². The average molecular weight is 294 g/mol. The summed E-state index contributed by atoms with van der Waals surface area (Å²) in [4.78, 5) is 10.5. The molecule has 0 aliphatic carbocycles. The van der Waals surface area contributed by atoms with E-state index in [4.69, 9.17) is 34.8 Å². The molecule has 0 bridgehead atoms. The maximum atomic E-state index is 10.5. The van der Waals surface area contributed by atoms with Gasteiger partial charge in [0.25, 0.3) is 0 Å². The SMILES string of the molecule is O=C(Cl)CCCCCCc1ccc(Cl)cc1Cl. The van der Waals surface area contributed by atoms with Crippen molar-refractivity contribution in [2.75, 3.05) is 0 Å². The monoisotopic (exact) mass is 292 g/mol. The first-order valence-corrected chi connectivity index (χ1v) is 6.85. The Hall–Kier alpha value is -0.240. The Labute approximate surface area is 117 Å². The highest BCUT2D eigenvalue weighted by Crippen LogP contribution is 2.22. The van der Waals surface area contributed by atoms with Gasteiger partial charge in [0.1, 0.15) is 0 Å². The van der Waals surface area contributed by atoms with Gasteiger partial charge in [-0.05, 0) is 48.6 Å². The lowest BCUT2D eigenvalue weighted by Gasteiger charge is -2.04. The Morgan fingerprint density at radius 1 is 1.06 bits per heavy atom. The minimum absolute atomic E-state index is 0.245. The topological polar surface area (TPSA) is 17.1 Å². The van der Waals surface area contributed by atoms with Crippen LogP contribution in [-0.4, -0.2) is 5.24 Å². The van der Waals surface area contributed by atoms with Crippen LogP contribution in [0.2, 0.25) is 10.0 Å². The number of unbranched alkanes of at least 4 members (excludes halogenated alkanes) is 3. The van der Waals surface area contributed by atoms with Gasteiger partial charge in [0.05, 0.1) is 0 Å². The molecule has 0 heterocycles. The van der Waals surface area contributed by atoms with Crippen molar-refractivity contribution < 1.29 is 4.79 Å². The number of carbonyl (C=O) groups is 1. The largest absolute Gasteiger partial charge is 0.281 e. The van der Waals surface area contributed by atoms with Crippen molar-refractivity contribution in [3.63, 3.8) is 0 Å². The van der Waals surface area contributed by atoms with E-state index >= 15 is 0 Å². The molecule has 1 aromatic carbocycles. The van der Waals surface area contributed by atoms with Crippen LogP contribution < -0.4 is 0 Å². The first-order chi connectivity index (χ1) is 8.09. The molecule has 94 valence electrons. The van der Waals surface area contributed by atoms with Gasteiger partial charge in [-0.3, -0.25) is 4.79 Å². The first kappa shape index (κ1) is 14.8. The molecule has 0 radical (unpaired) electrons. The number of hydrogen-bond donors (Lipinski definition) is 0. The van der Waals surface area contributed by atoms with Crippen molar-refractivity contribution in [3.05, 3.63) is 33.8 Å². The zero-order valence-corrected chi connectivity index (χ0v) is 11.8. The average Bonchev–Trinajstić information content (AvgIpc) is 2.25. The highest BCUT2D eigenvalue weighted by Gasteiger charge is 2.01. The van der Waals surface area contributed by atoms with E-state index in [2.05, 4.69) is 0 Å². The molecule has 0 N–H and O–H groups in total. The molecule has 0 aromatic heterocycles. The number of halogens is 3. The van der Waals surface area contributed by atoms with Crippen LogP contribution in [0.5, 0.6) is 0 Å². The van der Waals surface area contributed by atoms with E-state index < -0.39 is 0 Å². The molecule has 1 nitrogen and oxygen atoms in total. The van der Waals surface area contributed by atoms with E-state index in [1.165, 1.54) is 0 Å². The maximum absolute atomic E-state index is 10.5. The van der Waals surface area contributed by atoms with E-state index in [9.17, 15) is 4.79 Å². The summed E-state index contributed by atoms with van der Waals surface area (Å²) in [6, 6.07) is 5.59. The Bertz CT molecular complexity index is 377. The summed E-state index contributed by atoms with van der Waals surface area (Å²) < 4.78 is 0. The molecule has 0 fully saturated rings. The Morgan fingerprint density at radius 2 is 1.76 bits per heavy atom. The predicted molar refractivity (Wildman–Crippen MR) is 74.1 cm³/mol. The minimum atomic E-state index is -0.245. The van der Waals surface area contributed by atoms with Gasteiger partial charge >= 0.3 is 0 Å². The second-order valence-electron chi connectivity index (χ2n) is 4.01. The molecule has 4 heteroatoms. The number of rotatable bonds is 7. The lowest BCUT2D eigenvalue weighted by atomic mass is 10.1. The molecule has 17 heavy (non-hydrogen) atoms. The molecular weight excluding hydrogens is 279 g/mol. The number of carbonyl (C=O) groups excluding carboxylic acids is 1. The van der Waals surface area contributed by atoms with E-state index in [0.29, 0.717) is 11.4 Å². The standard InChI is InChI=1S/C13H15Cl3O/c14-11-8-7-10(12(15)9-11)5-3-1-2-4-6-13(16)17/h7-9H,1-6H2. The summed E-state index contributed by atoms with van der Waals surface area (Å²) in [5.41, 5.74) is 1.13. The van der Waals surface area contributed by atoms with E-state index in [-0.39, 0.29) is 5.24 Å². The highest BCUT2D eigenvalue weighted by molar-refractivity contribution is 6.63. The molecule has 0 aliphatic rings. The Balaban J connectivity index is 2.20. The van der Waals surface area contributed by atoms with Crippen molar-refractivity contribution in [1.82, 2.24) is 0 Å². The van der Waals surface area contributed by atoms with Crippen LogP contribution in [0.1, 0.15) is 37.7 Å². The van der Waals surface area contributed by atoms with Crippen molar-refractivity contribution >= 4 is 40.0 Å². The normalized spacial score (nSPS) is 10.5. The first-order valence-electron chi connectivity index (χ1n) is 5.72. The van der Waals surface area contributed by atoms with Gasteiger partial charge in [-0.2, -0.15) is 0 Å². The smallest absolute Gasteiger partial charge is 0.221 e. The molecular formula is C13H15Cl3O. The Kier molecular flexibility index (Phi) is 6.94. The van der Waals surface area contributed by atoms with Crippen LogP contribution in [-0.2, 0) is 11.2 Å². The summed E-state index contributed by atoms with van der Waals surface area (Å²) in [5, 5.41) is 1.15. The fourth-order valence-corrected chi connectivity index (χ4v) is 2.29. The molecule has 0 atom stereocenters. The third kappa shape index (κ3) is 6.30. The van der Waals surface area contributed by atoms with Gasteiger partial charge in [-0.1, -0.05) is 42.1 Å². The van der Waals surface area contributed by atoms with Crippen molar-refractivity contribution in [2.45, 2.75) is 38.5 Å². The highest BCUT2D eigenvalue weighted by atomic mass is 35.5. The zero-order valence-electron chi connectivity index (χ0n) is 9.52. The van der Waals surface area contributed by atoms with Gasteiger partial charge < -0.3 is 0 Å². The van der Waals surface area contributed by atoms with Gasteiger partial charge in [0, 0.05) is 16.5 Å². The third-order valence-corrected chi connectivity index (χ3v) is 3.36. The fraction of sp³-hybridized carbons (Fsp3) is 0.462. The molecule has 0 unspecified atom stereocenters. The number of benzene rings is 1. The predicted octanol–water partition coefficient (Wildman–Crippen LogP) is 5.25. The van der Waals surface area contributed by atoms with Crippen LogP contribution in [0.3, 0.4) is 0 Å². The third-order valence-electron chi connectivity index (χ3n) is 2.58. The van der Waals surface area contributed by atoms with Crippen LogP contribution >= 0.6 is 34.8 Å². The van der Waals surface area contributed by atoms with Gasteiger partial charge in [0.15, 0.2) is 0 Å². The number of hydrogen-bond acceptors (Lipinski definition) is 1. The second kappa shape index (κ2) is 7.97. The van der Waals surface area contributed by atoms with Crippen molar-refractivity contribution in [2.24, 2.45) is 0 Å². The lowest BCUT2D eigenvalue weighted by Crippen LogP contribution is -1.89. The summed E-state index contributed by atoms with van der Waals surface area (Å²) in [6.45, 7) is 0. The molecule has 0 spiro atoms. The molecule has 1 aromatic rings. The number of aryl methyl sites for hydroxylation is 1. The Morgan fingerprint density at radius 3 is 2.41 bits per heavy atom. The molecule has 0 saturated carbocycles. The summed E-state index contributed by atoms with van der Waals surface area (Å²) in [5.74, 6) is 0. The molecule has 0 saturated heterocycles. The lowest BCUT2D eigenvalue weighted by molar-refractivity contribution is -0.111.